The third kappa shape index (κ3) is 3.58. The minimum absolute atomic E-state index is 0.00686. The lowest BCUT2D eigenvalue weighted by Crippen LogP contribution is -2.39. The first-order valence-corrected chi connectivity index (χ1v) is 12.0. The van der Waals surface area contributed by atoms with Gasteiger partial charge < -0.3 is 4.90 Å². The molecule has 0 N–H and O–H groups in total. The molecule has 0 saturated carbocycles. The summed E-state index contributed by atoms with van der Waals surface area (Å²) in [6.07, 6.45) is 4.81. The molecule has 0 radical (unpaired) electrons. The van der Waals surface area contributed by atoms with E-state index in [1.807, 2.05) is 23.1 Å². The van der Waals surface area contributed by atoms with Gasteiger partial charge in [-0.25, -0.2) is 0 Å². The van der Waals surface area contributed by atoms with E-state index in [2.05, 4.69) is 29.0 Å². The third-order valence-electron chi connectivity index (χ3n) is 6.09. The lowest BCUT2D eigenvalue weighted by molar-refractivity contribution is -0.133. The number of nitrogens with zero attached hydrogens (tertiary/aromatic N) is 1. The fraction of sp³-hybridized carbons (Fsp3) is 0.333. The molecule has 3 nitrogen and oxygen atoms in total. The van der Waals surface area contributed by atoms with Crippen LogP contribution >= 0.6 is 22.7 Å². The Kier molecular flexibility index (Phi) is 5.10. The monoisotopic (exact) mass is 421 g/mol. The average molecular weight is 422 g/mol. The van der Waals surface area contributed by atoms with E-state index >= 15 is 0 Å². The van der Waals surface area contributed by atoms with Crippen molar-refractivity contribution in [3.8, 4) is 0 Å². The first-order chi connectivity index (χ1) is 14.2. The molecule has 2 aliphatic rings. The molecule has 29 heavy (non-hydrogen) atoms. The number of carbonyl (C=O) groups excluding carboxylic acids is 2. The van der Waals surface area contributed by atoms with Crippen LogP contribution < -0.4 is 0 Å². The normalized spacial score (nSPS) is 17.8. The molecule has 0 saturated heterocycles. The van der Waals surface area contributed by atoms with Gasteiger partial charge in [0.05, 0.1) is 6.04 Å². The molecule has 2 aromatic heterocycles. The molecule has 5 rings (SSSR count). The zero-order valence-electron chi connectivity index (χ0n) is 16.2. The van der Waals surface area contributed by atoms with E-state index in [0.717, 1.165) is 31.4 Å². The number of thiophene rings is 2. The van der Waals surface area contributed by atoms with E-state index in [9.17, 15) is 9.59 Å². The number of ketones is 1. The Morgan fingerprint density at radius 1 is 0.966 bits per heavy atom. The lowest BCUT2D eigenvalue weighted by Gasteiger charge is -2.35. The zero-order chi connectivity index (χ0) is 19.8. The van der Waals surface area contributed by atoms with Crippen molar-refractivity contribution in [1.82, 2.24) is 4.90 Å². The minimum Gasteiger partial charge on any atom is -0.330 e. The summed E-state index contributed by atoms with van der Waals surface area (Å²) in [6.45, 7) is 0.724. The highest BCUT2D eigenvalue weighted by Crippen LogP contribution is 2.39. The minimum atomic E-state index is -0.00686. The second-order valence-electron chi connectivity index (χ2n) is 7.81. The van der Waals surface area contributed by atoms with Crippen molar-refractivity contribution >= 4 is 34.4 Å². The molecule has 1 aliphatic heterocycles. The maximum absolute atomic E-state index is 13.1. The molecule has 3 heterocycles. The molecule has 0 unspecified atom stereocenters. The van der Waals surface area contributed by atoms with Crippen LogP contribution in [-0.4, -0.2) is 23.1 Å². The predicted octanol–water partition coefficient (Wildman–Crippen LogP) is 5.44. The van der Waals surface area contributed by atoms with Crippen LogP contribution in [0.2, 0.25) is 0 Å². The Balaban J connectivity index is 1.30. The SMILES string of the molecule is O=C(CCC(=O)N1CCc2sccc2[C@H]1c1cccs1)c1ccc2c(c1)CCC2. The fourth-order valence-electron chi connectivity index (χ4n) is 4.59. The maximum atomic E-state index is 13.1. The Morgan fingerprint density at radius 2 is 1.86 bits per heavy atom. The molecule has 148 valence electrons. The largest absolute Gasteiger partial charge is 0.330 e. The Bertz CT molecular complexity index is 1050. The van der Waals surface area contributed by atoms with Crippen LogP contribution in [-0.2, 0) is 24.1 Å². The van der Waals surface area contributed by atoms with Gasteiger partial charge in [-0.3, -0.25) is 9.59 Å². The van der Waals surface area contributed by atoms with Crippen LogP contribution in [0.15, 0.2) is 47.2 Å². The van der Waals surface area contributed by atoms with Crippen LogP contribution in [0.3, 0.4) is 0 Å². The highest BCUT2D eigenvalue weighted by atomic mass is 32.1. The number of benzene rings is 1. The summed E-state index contributed by atoms with van der Waals surface area (Å²) in [4.78, 5) is 30.4. The van der Waals surface area contributed by atoms with Crippen molar-refractivity contribution in [2.24, 2.45) is 0 Å². The molecule has 1 aromatic carbocycles. The van der Waals surface area contributed by atoms with E-state index in [-0.39, 0.29) is 30.6 Å². The number of hydrogen-bond donors (Lipinski definition) is 0. The van der Waals surface area contributed by atoms with E-state index < -0.39 is 0 Å². The zero-order valence-corrected chi connectivity index (χ0v) is 17.9. The lowest BCUT2D eigenvalue weighted by atomic mass is 9.97. The summed E-state index contributed by atoms with van der Waals surface area (Å²) in [5, 5.41) is 4.19. The number of aryl methyl sites for hydroxylation is 2. The van der Waals surface area contributed by atoms with Crippen LogP contribution in [0.4, 0.5) is 0 Å². The smallest absolute Gasteiger partial charge is 0.223 e. The van der Waals surface area contributed by atoms with Crippen molar-refractivity contribution < 1.29 is 9.59 Å². The molecule has 0 bridgehead atoms. The molecule has 1 amide bonds. The van der Waals surface area contributed by atoms with E-state index in [0.29, 0.717) is 0 Å². The summed E-state index contributed by atoms with van der Waals surface area (Å²) in [5.74, 6) is 0.156. The average Bonchev–Trinajstić information content (AvgIpc) is 3.51. The topological polar surface area (TPSA) is 37.4 Å². The molecule has 1 atom stereocenters. The highest BCUT2D eigenvalue weighted by Gasteiger charge is 2.33. The van der Waals surface area contributed by atoms with Gasteiger partial charge in [-0.15, -0.1) is 22.7 Å². The first-order valence-electron chi connectivity index (χ1n) is 10.2. The molecular weight excluding hydrogens is 398 g/mol. The van der Waals surface area contributed by atoms with Gasteiger partial charge >= 0.3 is 0 Å². The van der Waals surface area contributed by atoms with Crippen LogP contribution in [0.5, 0.6) is 0 Å². The fourth-order valence-corrected chi connectivity index (χ4v) is 6.35. The van der Waals surface area contributed by atoms with Gasteiger partial charge in [0.25, 0.3) is 0 Å². The Hall–Kier alpha value is -2.24. The van der Waals surface area contributed by atoms with Gasteiger partial charge in [0.1, 0.15) is 0 Å². The summed E-state index contributed by atoms with van der Waals surface area (Å²) in [7, 11) is 0. The van der Waals surface area contributed by atoms with E-state index in [1.54, 1.807) is 22.7 Å². The van der Waals surface area contributed by atoms with Crippen LogP contribution in [0.1, 0.15) is 62.1 Å². The van der Waals surface area contributed by atoms with Gasteiger partial charge in [-0.2, -0.15) is 0 Å². The molecular formula is C24H23NO2S2. The van der Waals surface area contributed by atoms with Crippen molar-refractivity contribution in [3.05, 3.63) is 79.2 Å². The van der Waals surface area contributed by atoms with Gasteiger partial charge in [0.2, 0.25) is 5.91 Å². The summed E-state index contributed by atoms with van der Waals surface area (Å²) in [6, 6.07) is 12.4. The van der Waals surface area contributed by atoms with Gasteiger partial charge in [-0.05, 0) is 71.3 Å². The summed E-state index contributed by atoms with van der Waals surface area (Å²) >= 11 is 3.47. The van der Waals surface area contributed by atoms with Crippen molar-refractivity contribution in [2.75, 3.05) is 6.54 Å². The molecule has 0 spiro atoms. The number of rotatable bonds is 5. The van der Waals surface area contributed by atoms with Gasteiger partial charge in [0.15, 0.2) is 5.78 Å². The standard InChI is InChI=1S/C24H23NO2S2/c26-20(18-7-6-16-3-1-4-17(16)15-18)8-9-23(27)25-12-10-21-19(11-14-29-21)24(25)22-5-2-13-28-22/h2,5-7,11,13-15,24H,1,3-4,8-10,12H2/t24-/m0/s1. The van der Waals surface area contributed by atoms with Crippen molar-refractivity contribution in [2.45, 2.75) is 44.6 Å². The summed E-state index contributed by atoms with van der Waals surface area (Å²) in [5.41, 5.74) is 4.69. The number of carbonyl (C=O) groups is 2. The van der Waals surface area contributed by atoms with Crippen LogP contribution in [0, 0.1) is 0 Å². The Morgan fingerprint density at radius 3 is 2.72 bits per heavy atom. The Labute approximate surface area is 179 Å². The molecule has 0 fully saturated rings. The highest BCUT2D eigenvalue weighted by molar-refractivity contribution is 7.10. The summed E-state index contributed by atoms with van der Waals surface area (Å²) < 4.78 is 0. The van der Waals surface area contributed by atoms with Gasteiger partial charge in [0, 0.05) is 34.7 Å². The van der Waals surface area contributed by atoms with E-state index in [4.69, 9.17) is 0 Å². The molecule has 5 heteroatoms. The van der Waals surface area contributed by atoms with Crippen molar-refractivity contribution in [1.29, 1.82) is 0 Å². The molecule has 1 aliphatic carbocycles. The van der Waals surface area contributed by atoms with Crippen molar-refractivity contribution in [3.63, 3.8) is 0 Å². The maximum Gasteiger partial charge on any atom is 0.223 e. The number of amides is 1. The van der Waals surface area contributed by atoms with Gasteiger partial charge in [-0.1, -0.05) is 18.2 Å². The number of fused-ring (bicyclic) bond motifs is 2. The number of Topliss-reactive ketones (excluding diaryl/α,β-unsaturated/α-hetero) is 1. The van der Waals surface area contributed by atoms with E-state index in [1.165, 1.54) is 32.9 Å². The molecule has 3 aromatic rings. The second kappa shape index (κ2) is 7.88. The predicted molar refractivity (Wildman–Crippen MR) is 118 cm³/mol. The third-order valence-corrected chi connectivity index (χ3v) is 8.01. The quantitative estimate of drug-likeness (QED) is 0.515. The second-order valence-corrected chi connectivity index (χ2v) is 9.79. The first kappa shape index (κ1) is 18.8. The van der Waals surface area contributed by atoms with Crippen LogP contribution in [0.25, 0.3) is 0 Å². The number of hydrogen-bond acceptors (Lipinski definition) is 4.